The van der Waals surface area contributed by atoms with E-state index in [1.54, 1.807) is 4.90 Å². The molecule has 3 nitrogen and oxygen atoms in total. The minimum Gasteiger partial charge on any atom is -0.394 e. The van der Waals surface area contributed by atoms with Gasteiger partial charge in [0, 0.05) is 10.5 Å². The maximum absolute atomic E-state index is 11.5. The summed E-state index contributed by atoms with van der Waals surface area (Å²) < 4.78 is 1.01. The molecule has 4 heteroatoms. The predicted molar refractivity (Wildman–Crippen MR) is 68.9 cm³/mol. The van der Waals surface area contributed by atoms with Crippen LogP contribution in [0.5, 0.6) is 0 Å². The van der Waals surface area contributed by atoms with E-state index < -0.39 is 0 Å². The number of carbonyl (C=O) groups excluding carboxylic acids is 1. The molecule has 0 saturated heterocycles. The Morgan fingerprint density at radius 2 is 2.13 bits per heavy atom. The van der Waals surface area contributed by atoms with Crippen LogP contribution in [-0.2, 0) is 4.79 Å². The van der Waals surface area contributed by atoms with Gasteiger partial charge in [0.1, 0.15) is 0 Å². The van der Waals surface area contributed by atoms with Crippen molar-refractivity contribution in [2.24, 2.45) is 0 Å². The fourth-order valence-electron chi connectivity index (χ4n) is 1.45. The Morgan fingerprint density at radius 3 is 2.60 bits per heavy atom. The first-order chi connectivity index (χ1) is 7.07. The lowest BCUT2D eigenvalue weighted by Gasteiger charge is -2.27. The molecule has 0 aromatic heterocycles. The summed E-state index contributed by atoms with van der Waals surface area (Å²) in [4.78, 5) is 13.1. The van der Waals surface area contributed by atoms with E-state index in [9.17, 15) is 4.79 Å². The van der Waals surface area contributed by atoms with Gasteiger partial charge in [-0.1, -0.05) is 12.1 Å². The van der Waals surface area contributed by atoms with Gasteiger partial charge < -0.3 is 10.0 Å². The Morgan fingerprint density at radius 1 is 1.53 bits per heavy atom. The number of hydrogen-bond acceptors (Lipinski definition) is 2. The highest BCUT2D eigenvalue weighted by Crippen LogP contribution is 2.23. The molecule has 0 aliphatic carbocycles. The van der Waals surface area contributed by atoms with E-state index in [4.69, 9.17) is 5.11 Å². The van der Waals surface area contributed by atoms with Crippen molar-refractivity contribution < 1.29 is 9.90 Å². The summed E-state index contributed by atoms with van der Waals surface area (Å²) in [5, 5.41) is 9.11. The van der Waals surface area contributed by atoms with Crippen LogP contribution in [0.3, 0.4) is 0 Å². The zero-order valence-electron chi connectivity index (χ0n) is 8.77. The summed E-state index contributed by atoms with van der Waals surface area (Å²) in [6, 6.07) is 7.44. The van der Waals surface area contributed by atoms with Crippen LogP contribution < -0.4 is 4.90 Å². The SMILES string of the molecule is CC(=O)N(c1ccccc1I)C(C)CO. The van der Waals surface area contributed by atoms with Gasteiger partial charge in [0.2, 0.25) is 5.91 Å². The Bertz CT molecular complexity index is 354. The second-order valence-electron chi connectivity index (χ2n) is 3.37. The number of aliphatic hydroxyl groups is 1. The van der Waals surface area contributed by atoms with Crippen LogP contribution in [-0.4, -0.2) is 23.7 Å². The third-order valence-corrected chi connectivity index (χ3v) is 3.07. The van der Waals surface area contributed by atoms with Gasteiger partial charge in [-0.25, -0.2) is 0 Å². The number of aliphatic hydroxyl groups excluding tert-OH is 1. The normalized spacial score (nSPS) is 12.3. The molecule has 1 unspecified atom stereocenters. The third kappa shape index (κ3) is 2.92. The fourth-order valence-corrected chi connectivity index (χ4v) is 2.09. The molecule has 0 saturated carbocycles. The molecule has 1 rings (SSSR count). The van der Waals surface area contributed by atoms with Gasteiger partial charge in [-0.05, 0) is 41.6 Å². The first-order valence-electron chi connectivity index (χ1n) is 4.73. The van der Waals surface area contributed by atoms with Crippen molar-refractivity contribution in [1.82, 2.24) is 0 Å². The van der Waals surface area contributed by atoms with Crippen molar-refractivity contribution in [1.29, 1.82) is 0 Å². The van der Waals surface area contributed by atoms with Gasteiger partial charge >= 0.3 is 0 Å². The Kier molecular flexibility index (Phi) is 4.53. The number of para-hydroxylation sites is 1. The highest BCUT2D eigenvalue weighted by atomic mass is 127. The molecule has 1 aromatic rings. The summed E-state index contributed by atoms with van der Waals surface area (Å²) >= 11 is 2.18. The fraction of sp³-hybridized carbons (Fsp3) is 0.364. The summed E-state index contributed by atoms with van der Waals surface area (Å²) in [5.41, 5.74) is 0.854. The first kappa shape index (κ1) is 12.4. The van der Waals surface area contributed by atoms with Crippen molar-refractivity contribution in [3.05, 3.63) is 27.8 Å². The standard InChI is InChI=1S/C11H14INO2/c1-8(7-14)13(9(2)15)11-6-4-3-5-10(11)12/h3-6,8,14H,7H2,1-2H3. The van der Waals surface area contributed by atoms with Crippen molar-refractivity contribution in [2.45, 2.75) is 19.9 Å². The molecule has 0 radical (unpaired) electrons. The summed E-state index contributed by atoms with van der Waals surface area (Å²) in [5.74, 6) is -0.0549. The van der Waals surface area contributed by atoms with Crippen LogP contribution >= 0.6 is 22.6 Å². The lowest BCUT2D eigenvalue weighted by atomic mass is 10.2. The van der Waals surface area contributed by atoms with E-state index in [0.29, 0.717) is 0 Å². The van der Waals surface area contributed by atoms with E-state index in [0.717, 1.165) is 9.26 Å². The molecule has 0 aliphatic rings. The molecule has 1 atom stereocenters. The Labute approximate surface area is 103 Å². The number of anilines is 1. The van der Waals surface area contributed by atoms with Crippen LogP contribution in [0.2, 0.25) is 0 Å². The molecule has 0 aliphatic heterocycles. The van der Waals surface area contributed by atoms with Crippen LogP contribution in [0.4, 0.5) is 5.69 Å². The molecule has 1 N–H and O–H groups in total. The maximum atomic E-state index is 11.5. The molecule has 82 valence electrons. The van der Waals surface area contributed by atoms with Crippen molar-refractivity contribution in [3.63, 3.8) is 0 Å². The smallest absolute Gasteiger partial charge is 0.224 e. The minimum atomic E-state index is -0.196. The van der Waals surface area contributed by atoms with Gasteiger partial charge in [-0.3, -0.25) is 4.79 Å². The maximum Gasteiger partial charge on any atom is 0.224 e. The first-order valence-corrected chi connectivity index (χ1v) is 5.81. The molecule has 0 spiro atoms. The summed E-state index contributed by atoms with van der Waals surface area (Å²) in [6.45, 7) is 3.30. The second kappa shape index (κ2) is 5.46. The van der Waals surface area contributed by atoms with E-state index in [2.05, 4.69) is 22.6 Å². The zero-order chi connectivity index (χ0) is 11.4. The van der Waals surface area contributed by atoms with Crippen LogP contribution in [0.15, 0.2) is 24.3 Å². The van der Waals surface area contributed by atoms with Crippen LogP contribution in [0, 0.1) is 3.57 Å². The average molecular weight is 319 g/mol. The van der Waals surface area contributed by atoms with Gasteiger partial charge in [0.15, 0.2) is 0 Å². The average Bonchev–Trinajstić information content (AvgIpc) is 2.20. The summed E-state index contributed by atoms with van der Waals surface area (Å²) in [6.07, 6.45) is 0. The molecule has 1 amide bonds. The number of rotatable bonds is 3. The highest BCUT2D eigenvalue weighted by Gasteiger charge is 2.19. The molecular weight excluding hydrogens is 305 g/mol. The molecule has 15 heavy (non-hydrogen) atoms. The van der Waals surface area contributed by atoms with Crippen molar-refractivity contribution in [3.8, 4) is 0 Å². The number of carbonyl (C=O) groups is 1. The number of benzene rings is 1. The number of nitrogens with zero attached hydrogens (tertiary/aromatic N) is 1. The topological polar surface area (TPSA) is 40.5 Å². The van der Waals surface area contributed by atoms with Crippen molar-refractivity contribution >= 4 is 34.2 Å². The van der Waals surface area contributed by atoms with Crippen LogP contribution in [0.1, 0.15) is 13.8 Å². The van der Waals surface area contributed by atoms with E-state index in [1.807, 2.05) is 31.2 Å². The molecule has 1 aromatic carbocycles. The van der Waals surface area contributed by atoms with Gasteiger partial charge in [0.25, 0.3) is 0 Å². The van der Waals surface area contributed by atoms with E-state index in [1.165, 1.54) is 6.92 Å². The van der Waals surface area contributed by atoms with Gasteiger partial charge in [-0.15, -0.1) is 0 Å². The Balaban J connectivity index is 3.10. The number of halogens is 1. The molecule has 0 heterocycles. The molecule has 0 bridgehead atoms. The van der Waals surface area contributed by atoms with Gasteiger partial charge in [-0.2, -0.15) is 0 Å². The number of amides is 1. The van der Waals surface area contributed by atoms with E-state index >= 15 is 0 Å². The molecule has 0 fully saturated rings. The quantitative estimate of drug-likeness (QED) is 0.866. The predicted octanol–water partition coefficient (Wildman–Crippen LogP) is 2.02. The van der Waals surface area contributed by atoms with E-state index in [-0.39, 0.29) is 18.6 Å². The van der Waals surface area contributed by atoms with Gasteiger partial charge in [0.05, 0.1) is 18.3 Å². The second-order valence-corrected chi connectivity index (χ2v) is 4.53. The minimum absolute atomic E-state index is 0.0371. The third-order valence-electron chi connectivity index (χ3n) is 2.16. The largest absolute Gasteiger partial charge is 0.394 e. The number of hydrogen-bond donors (Lipinski definition) is 1. The highest BCUT2D eigenvalue weighted by molar-refractivity contribution is 14.1. The lowest BCUT2D eigenvalue weighted by Crippen LogP contribution is -2.39. The van der Waals surface area contributed by atoms with Crippen LogP contribution in [0.25, 0.3) is 0 Å². The monoisotopic (exact) mass is 319 g/mol. The zero-order valence-corrected chi connectivity index (χ0v) is 10.9. The summed E-state index contributed by atoms with van der Waals surface area (Å²) in [7, 11) is 0. The molecular formula is C11H14INO2. The van der Waals surface area contributed by atoms with Crippen molar-refractivity contribution in [2.75, 3.05) is 11.5 Å². The Hall–Kier alpha value is -0.620. The lowest BCUT2D eigenvalue weighted by molar-refractivity contribution is -0.117.